The molecule has 0 unspecified atom stereocenters. The topological polar surface area (TPSA) is 124 Å². The molecule has 322 valence electrons. The zero-order chi connectivity index (χ0) is 43.9. The van der Waals surface area contributed by atoms with Gasteiger partial charge in [-0.15, -0.1) is 0 Å². The van der Waals surface area contributed by atoms with E-state index in [9.17, 15) is 9.90 Å². The molecule has 2 aliphatic rings. The van der Waals surface area contributed by atoms with Crippen LogP contribution in [0, 0.1) is 35.5 Å². The minimum atomic E-state index is -0.750. The van der Waals surface area contributed by atoms with E-state index in [1.807, 2.05) is 19.9 Å². The van der Waals surface area contributed by atoms with Crippen molar-refractivity contribution in [1.29, 1.82) is 0 Å². The summed E-state index contributed by atoms with van der Waals surface area (Å²) in [6, 6.07) is 21.2. The average molecular weight is 839 g/mol. The lowest BCUT2D eigenvalue weighted by molar-refractivity contribution is -0.118. The first kappa shape index (κ1) is 52.6. The van der Waals surface area contributed by atoms with E-state index < -0.39 is 29.2 Å². The highest BCUT2D eigenvalue weighted by atomic mass is 32.1. The molecule has 0 bridgehead atoms. The molecule has 0 amide bonds. The molecule has 8 nitrogen and oxygen atoms in total. The first-order chi connectivity index (χ1) is 27.5. The van der Waals surface area contributed by atoms with Gasteiger partial charge in [-0.1, -0.05) is 147 Å². The quantitative estimate of drug-likeness (QED) is 0.116. The fourth-order valence-corrected chi connectivity index (χ4v) is 7.82. The van der Waals surface area contributed by atoms with Gasteiger partial charge in [0.15, 0.2) is 5.78 Å². The van der Waals surface area contributed by atoms with E-state index in [4.69, 9.17) is 26.3 Å². The number of aliphatic hydroxyl groups excluding tert-OH is 1. The third kappa shape index (κ3) is 17.8. The van der Waals surface area contributed by atoms with Gasteiger partial charge >= 0.3 is 23.1 Å². The number of hydrogen-bond acceptors (Lipinski definition) is 8. The number of hydrogen-bond donors (Lipinski definition) is 1. The van der Waals surface area contributed by atoms with Crippen molar-refractivity contribution in [2.75, 3.05) is 0 Å². The number of benzene rings is 2. The lowest BCUT2D eigenvalue weighted by atomic mass is 9.80. The molecule has 10 heteroatoms. The summed E-state index contributed by atoms with van der Waals surface area (Å²) in [5, 5.41) is 10.6. The molecule has 2 heterocycles. The van der Waals surface area contributed by atoms with Gasteiger partial charge in [0.05, 0.1) is 30.5 Å². The summed E-state index contributed by atoms with van der Waals surface area (Å²) in [6.45, 7) is 33.1. The Balaban J connectivity index is 0.000000510. The van der Waals surface area contributed by atoms with Crippen LogP contribution in [0.5, 0.6) is 0 Å². The van der Waals surface area contributed by atoms with E-state index in [2.05, 4.69) is 122 Å². The normalized spacial score (nSPS) is 24.8. The standard InChI is InChI=1S/C24H36O2.C24H34O2.2O2S/c2*1-7-17(4)13-23-19(6)21(14-20-11-9-8-10-12-20)24(26-23)15-22(25)18(5)16(2)3;2*1-3-2/h8-12,17,19,21-25H,2,5,7,13-15H2,1,3-4,6H3;8-12,17,19,21,23-24H,2,5,7,13-15H2,1,3-4,6H3;;/t17-,19-,21-,22+,23-,24+;17-,19-,21-,23-,24+;;/m11../s1. The predicted octanol–water partition coefficient (Wildman–Crippen LogP) is 10.0. The lowest BCUT2D eigenvalue weighted by Crippen LogP contribution is -2.27. The van der Waals surface area contributed by atoms with Crippen molar-refractivity contribution < 1.29 is 36.2 Å². The number of rotatable bonds is 18. The Labute approximate surface area is 356 Å². The van der Waals surface area contributed by atoms with Crippen LogP contribution in [-0.2, 0) is 50.3 Å². The number of carbonyl (C=O) groups excluding carboxylic acids is 1. The van der Waals surface area contributed by atoms with Crippen molar-refractivity contribution >= 4 is 28.9 Å². The Bertz CT molecular complexity index is 1640. The van der Waals surface area contributed by atoms with Crippen molar-refractivity contribution in [3.05, 3.63) is 120 Å². The molecule has 0 radical (unpaired) electrons. The minimum Gasteiger partial charge on any atom is -0.388 e. The summed E-state index contributed by atoms with van der Waals surface area (Å²) < 4.78 is 46.1. The van der Waals surface area contributed by atoms with Crippen molar-refractivity contribution in [3.63, 3.8) is 0 Å². The molecular formula is C48H70O8S2. The molecule has 2 aromatic carbocycles. The Morgan fingerprint density at radius 2 is 1.03 bits per heavy atom. The van der Waals surface area contributed by atoms with E-state index in [-0.39, 0.29) is 30.2 Å². The zero-order valence-corrected chi connectivity index (χ0v) is 37.9. The van der Waals surface area contributed by atoms with Crippen LogP contribution in [0.15, 0.2) is 109 Å². The molecule has 0 saturated carbocycles. The maximum atomic E-state index is 12.6. The largest absolute Gasteiger partial charge is 0.388 e. The maximum Gasteiger partial charge on any atom is 0.335 e. The monoisotopic (exact) mass is 838 g/mol. The van der Waals surface area contributed by atoms with Gasteiger partial charge in [0.2, 0.25) is 0 Å². The second-order valence-corrected chi connectivity index (χ2v) is 16.7. The number of carbonyl (C=O) groups is 1. The highest BCUT2D eigenvalue weighted by Crippen LogP contribution is 2.41. The molecule has 11 atom stereocenters. The first-order valence-electron chi connectivity index (χ1n) is 20.6. The van der Waals surface area contributed by atoms with Gasteiger partial charge in [0.1, 0.15) is 0 Å². The van der Waals surface area contributed by atoms with E-state index in [0.717, 1.165) is 48.8 Å². The summed E-state index contributed by atoms with van der Waals surface area (Å²) in [5.41, 5.74) is 5.51. The molecule has 1 N–H and O–H groups in total. The highest BCUT2D eigenvalue weighted by molar-refractivity contribution is 7.51. The molecule has 2 aromatic rings. The molecule has 0 aliphatic carbocycles. The molecule has 2 fully saturated rings. The van der Waals surface area contributed by atoms with E-state index in [1.165, 1.54) is 17.5 Å². The SMILES string of the molecule is C=C(C)C(=C)C(=O)C[C@@H]1O[C@H](C[C@H](C)CC)[C@H](C)[C@H]1Cc1ccccc1.C=C(C)C(=C)[C@@H](O)C[C@@H]1O[C@H](C[C@H](C)CC)[C@H](C)[C@H]1Cc1ccccc1.O=S=O.O=S=O. The summed E-state index contributed by atoms with van der Waals surface area (Å²) >= 11 is -1.50. The highest BCUT2D eigenvalue weighted by Gasteiger charge is 2.44. The van der Waals surface area contributed by atoms with Crippen LogP contribution in [0.2, 0.25) is 0 Å². The number of allylic oxidation sites excluding steroid dienone is 2. The van der Waals surface area contributed by atoms with Crippen LogP contribution >= 0.6 is 0 Å². The summed E-state index contributed by atoms with van der Waals surface area (Å²) in [7, 11) is 0. The molecule has 0 aromatic heterocycles. The van der Waals surface area contributed by atoms with Gasteiger partial charge in [0.25, 0.3) is 0 Å². The number of ether oxygens (including phenoxy) is 2. The lowest BCUT2D eigenvalue weighted by Gasteiger charge is -2.24. The summed E-state index contributed by atoms with van der Waals surface area (Å²) in [4.78, 5) is 12.6. The predicted molar refractivity (Wildman–Crippen MR) is 237 cm³/mol. The molecule has 0 spiro atoms. The van der Waals surface area contributed by atoms with Crippen LogP contribution < -0.4 is 0 Å². The Hall–Kier alpha value is -3.41. The van der Waals surface area contributed by atoms with Crippen LogP contribution in [-0.4, -0.2) is 58.2 Å². The van der Waals surface area contributed by atoms with Crippen LogP contribution in [0.25, 0.3) is 0 Å². The van der Waals surface area contributed by atoms with Crippen LogP contribution in [0.1, 0.15) is 105 Å². The molecule has 4 rings (SSSR count). The third-order valence-electron chi connectivity index (χ3n) is 12.1. The summed E-state index contributed by atoms with van der Waals surface area (Å²) in [6.07, 6.45) is 7.40. The fourth-order valence-electron chi connectivity index (χ4n) is 7.82. The molecule has 58 heavy (non-hydrogen) atoms. The first-order valence-corrected chi connectivity index (χ1v) is 22.0. The van der Waals surface area contributed by atoms with Crippen molar-refractivity contribution in [2.24, 2.45) is 35.5 Å². The Morgan fingerprint density at radius 1 is 0.655 bits per heavy atom. The summed E-state index contributed by atoms with van der Waals surface area (Å²) in [5.74, 6) is 3.07. The van der Waals surface area contributed by atoms with Gasteiger partial charge in [-0.25, -0.2) is 0 Å². The second-order valence-electron chi connectivity index (χ2n) is 16.4. The number of Topliss-reactive ketones (excluding diaryl/α,β-unsaturated/α-hetero) is 1. The van der Waals surface area contributed by atoms with Crippen LogP contribution in [0.3, 0.4) is 0 Å². The average Bonchev–Trinajstić information content (AvgIpc) is 3.64. The van der Waals surface area contributed by atoms with Crippen molar-refractivity contribution in [1.82, 2.24) is 0 Å². The minimum absolute atomic E-state index is 0.0390. The van der Waals surface area contributed by atoms with Gasteiger partial charge < -0.3 is 14.6 Å². The maximum absolute atomic E-state index is 12.6. The third-order valence-corrected chi connectivity index (χ3v) is 12.1. The number of aliphatic hydroxyl groups is 1. The molecule has 2 aliphatic heterocycles. The van der Waals surface area contributed by atoms with Gasteiger partial charge in [-0.2, -0.15) is 16.8 Å². The van der Waals surface area contributed by atoms with E-state index in [1.54, 1.807) is 0 Å². The fraction of sp³-hybridized carbons (Fsp3) is 0.562. The van der Waals surface area contributed by atoms with Gasteiger partial charge in [0, 0.05) is 18.4 Å². The van der Waals surface area contributed by atoms with Gasteiger partial charge in [-0.3, -0.25) is 4.79 Å². The van der Waals surface area contributed by atoms with E-state index in [0.29, 0.717) is 53.9 Å². The van der Waals surface area contributed by atoms with Crippen molar-refractivity contribution in [2.45, 2.75) is 137 Å². The smallest absolute Gasteiger partial charge is 0.335 e. The molecular weight excluding hydrogens is 769 g/mol. The van der Waals surface area contributed by atoms with Crippen molar-refractivity contribution in [3.8, 4) is 0 Å². The molecule has 2 saturated heterocycles. The van der Waals surface area contributed by atoms with Gasteiger partial charge in [-0.05, 0) is 97.3 Å². The van der Waals surface area contributed by atoms with E-state index >= 15 is 0 Å². The Morgan fingerprint density at radius 3 is 1.40 bits per heavy atom. The number of ketones is 1. The second kappa shape index (κ2) is 28.1. The van der Waals surface area contributed by atoms with Crippen LogP contribution in [0.4, 0.5) is 0 Å². The Kier molecular flexibility index (Phi) is 25.5. The zero-order valence-electron chi connectivity index (χ0n) is 36.2.